The van der Waals surface area contributed by atoms with Gasteiger partial charge in [-0.2, -0.15) is 4.98 Å². The highest BCUT2D eigenvalue weighted by Gasteiger charge is 2.43. The third-order valence-corrected chi connectivity index (χ3v) is 5.52. The lowest BCUT2D eigenvalue weighted by atomic mass is 9.91. The van der Waals surface area contributed by atoms with E-state index in [1.807, 2.05) is 18.2 Å². The van der Waals surface area contributed by atoms with Crippen molar-refractivity contribution in [1.29, 1.82) is 0 Å². The van der Waals surface area contributed by atoms with Gasteiger partial charge in [-0.15, -0.1) is 0 Å². The zero-order valence-electron chi connectivity index (χ0n) is 16.6. The highest BCUT2D eigenvalue weighted by Crippen LogP contribution is 2.31. The Morgan fingerprint density at radius 2 is 1.90 bits per heavy atom. The summed E-state index contributed by atoms with van der Waals surface area (Å²) in [5.41, 5.74) is 1.60. The van der Waals surface area contributed by atoms with Gasteiger partial charge < -0.3 is 15.2 Å². The van der Waals surface area contributed by atoms with Crippen LogP contribution in [0.4, 0.5) is 10.5 Å². The predicted molar refractivity (Wildman–Crippen MR) is 111 cm³/mol. The van der Waals surface area contributed by atoms with Crippen LogP contribution in [0.25, 0.3) is 22.8 Å². The van der Waals surface area contributed by atoms with Crippen molar-refractivity contribution in [2.75, 3.05) is 5.32 Å². The van der Waals surface area contributed by atoms with Crippen LogP contribution in [0.5, 0.6) is 0 Å². The van der Waals surface area contributed by atoms with E-state index in [-0.39, 0.29) is 11.8 Å². The summed E-state index contributed by atoms with van der Waals surface area (Å²) >= 11 is 0. The molecule has 1 saturated carbocycles. The smallest absolute Gasteiger partial charge is 0.322 e. The number of aromatic nitrogens is 2. The summed E-state index contributed by atoms with van der Waals surface area (Å²) in [6.07, 6.45) is 1.88. The van der Waals surface area contributed by atoms with Gasteiger partial charge in [0, 0.05) is 22.7 Å². The van der Waals surface area contributed by atoms with E-state index in [9.17, 15) is 14.4 Å². The molecule has 1 atom stereocenters. The highest BCUT2D eigenvalue weighted by molar-refractivity contribution is 6.07. The van der Waals surface area contributed by atoms with Gasteiger partial charge in [-0.3, -0.25) is 14.9 Å². The minimum Gasteiger partial charge on any atom is -0.334 e. The van der Waals surface area contributed by atoms with E-state index >= 15 is 0 Å². The van der Waals surface area contributed by atoms with Crippen LogP contribution >= 0.6 is 0 Å². The molecule has 4 amide bonds. The number of carbonyl (C=O) groups excluding carboxylic acids is 3. The zero-order chi connectivity index (χ0) is 21.6. The number of hydrogen-bond donors (Lipinski definition) is 3. The summed E-state index contributed by atoms with van der Waals surface area (Å²) in [5.74, 6) is 0.468. The number of amides is 4. The van der Waals surface area contributed by atoms with Gasteiger partial charge in [0.1, 0.15) is 5.54 Å². The van der Waals surface area contributed by atoms with E-state index in [0.717, 1.165) is 18.4 Å². The van der Waals surface area contributed by atoms with Crippen molar-refractivity contribution >= 4 is 23.5 Å². The fraction of sp³-hybridized carbons (Fsp3) is 0.227. The van der Waals surface area contributed by atoms with Crippen molar-refractivity contribution in [3.8, 4) is 22.8 Å². The molecule has 31 heavy (non-hydrogen) atoms. The van der Waals surface area contributed by atoms with Crippen LogP contribution in [0.3, 0.4) is 0 Å². The molecular weight excluding hydrogens is 398 g/mol. The Bertz CT molecular complexity index is 1200. The molecule has 9 heteroatoms. The molecule has 2 aromatic carbocycles. The molecule has 1 aliphatic heterocycles. The van der Waals surface area contributed by atoms with Gasteiger partial charge in [0.05, 0.1) is 0 Å². The number of anilines is 1. The summed E-state index contributed by atoms with van der Waals surface area (Å²) in [6, 6.07) is 13.7. The van der Waals surface area contributed by atoms with Crippen LogP contribution in [-0.2, 0) is 15.1 Å². The van der Waals surface area contributed by atoms with E-state index in [1.165, 1.54) is 0 Å². The Morgan fingerprint density at radius 1 is 1.13 bits per heavy atom. The quantitative estimate of drug-likeness (QED) is 0.548. The molecule has 1 aliphatic carbocycles. The normalized spacial score (nSPS) is 20.3. The van der Waals surface area contributed by atoms with Gasteiger partial charge in [-0.05, 0) is 49.6 Å². The van der Waals surface area contributed by atoms with Crippen LogP contribution in [0.1, 0.15) is 25.3 Å². The Balaban J connectivity index is 1.35. The van der Waals surface area contributed by atoms with Gasteiger partial charge >= 0.3 is 6.03 Å². The molecule has 1 unspecified atom stereocenters. The molecule has 0 radical (unpaired) electrons. The fourth-order valence-corrected chi connectivity index (χ4v) is 3.48. The molecule has 156 valence electrons. The largest absolute Gasteiger partial charge is 0.334 e. The molecule has 3 N–H and O–H groups in total. The lowest BCUT2D eigenvalue weighted by Crippen LogP contribution is -2.40. The Hall–Kier alpha value is -4.01. The van der Waals surface area contributed by atoms with Gasteiger partial charge in [-0.1, -0.05) is 29.4 Å². The molecule has 2 fully saturated rings. The summed E-state index contributed by atoms with van der Waals surface area (Å²) in [4.78, 5) is 40.0. The Labute approximate surface area is 177 Å². The first-order valence-electron chi connectivity index (χ1n) is 9.92. The average Bonchev–Trinajstić information content (AvgIpc) is 3.43. The predicted octanol–water partition coefficient (Wildman–Crippen LogP) is 2.81. The van der Waals surface area contributed by atoms with Crippen molar-refractivity contribution < 1.29 is 18.9 Å². The summed E-state index contributed by atoms with van der Waals surface area (Å²) in [5, 5.41) is 11.8. The molecule has 2 heterocycles. The van der Waals surface area contributed by atoms with Crippen LogP contribution in [-0.4, -0.2) is 28.0 Å². The first-order valence-corrected chi connectivity index (χ1v) is 9.92. The maximum Gasteiger partial charge on any atom is 0.322 e. The Morgan fingerprint density at radius 3 is 2.58 bits per heavy atom. The molecule has 9 nitrogen and oxygen atoms in total. The van der Waals surface area contributed by atoms with Gasteiger partial charge in [-0.25, -0.2) is 4.79 Å². The van der Waals surface area contributed by atoms with Gasteiger partial charge in [0.15, 0.2) is 0 Å². The molecule has 2 aliphatic rings. The first kappa shape index (κ1) is 19.0. The van der Waals surface area contributed by atoms with Gasteiger partial charge in [0.25, 0.3) is 11.8 Å². The number of carbonyl (C=O) groups is 3. The third kappa shape index (κ3) is 3.54. The second-order valence-electron chi connectivity index (χ2n) is 7.88. The number of rotatable bonds is 5. The molecule has 3 aromatic rings. The first-order chi connectivity index (χ1) is 14.9. The minimum absolute atomic E-state index is 0.0341. The monoisotopic (exact) mass is 417 g/mol. The molecule has 5 rings (SSSR count). The third-order valence-electron chi connectivity index (χ3n) is 5.52. The average molecular weight is 417 g/mol. The van der Waals surface area contributed by atoms with E-state index in [4.69, 9.17) is 4.52 Å². The van der Waals surface area contributed by atoms with Crippen molar-refractivity contribution in [3.05, 3.63) is 54.1 Å². The Kier molecular flexibility index (Phi) is 4.32. The maximum atomic E-state index is 12.1. The van der Waals surface area contributed by atoms with Gasteiger partial charge in [0.2, 0.25) is 11.7 Å². The second kappa shape index (κ2) is 7.05. The van der Waals surface area contributed by atoms with Crippen LogP contribution < -0.4 is 16.0 Å². The molecule has 1 saturated heterocycles. The molecule has 0 bridgehead atoms. The highest BCUT2D eigenvalue weighted by atomic mass is 16.5. The van der Waals surface area contributed by atoms with Crippen LogP contribution in [0.15, 0.2) is 53.1 Å². The number of nitrogens with zero attached hydrogens (tertiary/aromatic N) is 2. The molecular formula is C22H19N5O4. The zero-order valence-corrected chi connectivity index (χ0v) is 16.6. The van der Waals surface area contributed by atoms with Crippen molar-refractivity contribution in [2.45, 2.75) is 25.3 Å². The van der Waals surface area contributed by atoms with Crippen molar-refractivity contribution in [1.82, 2.24) is 20.8 Å². The van der Waals surface area contributed by atoms with E-state index in [2.05, 4.69) is 26.1 Å². The number of nitrogens with one attached hydrogen (secondary N) is 3. The van der Waals surface area contributed by atoms with Crippen LogP contribution in [0.2, 0.25) is 0 Å². The summed E-state index contributed by atoms with van der Waals surface area (Å²) in [7, 11) is 0. The lowest BCUT2D eigenvalue weighted by molar-refractivity contribution is -0.123. The lowest BCUT2D eigenvalue weighted by Gasteiger charge is -2.20. The van der Waals surface area contributed by atoms with Crippen molar-refractivity contribution in [2.24, 2.45) is 5.92 Å². The van der Waals surface area contributed by atoms with E-state index in [0.29, 0.717) is 28.5 Å². The number of benzene rings is 2. The topological polar surface area (TPSA) is 126 Å². The van der Waals surface area contributed by atoms with Crippen LogP contribution in [0, 0.1) is 5.92 Å². The fourth-order valence-electron chi connectivity index (χ4n) is 3.48. The summed E-state index contributed by atoms with van der Waals surface area (Å²) in [6.45, 7) is 1.64. The summed E-state index contributed by atoms with van der Waals surface area (Å²) < 4.78 is 5.41. The number of hydrogen-bond acceptors (Lipinski definition) is 6. The number of imide groups is 1. The molecule has 1 aromatic heterocycles. The maximum absolute atomic E-state index is 12.1. The molecule has 0 spiro atoms. The van der Waals surface area contributed by atoms with Crippen molar-refractivity contribution in [3.63, 3.8) is 0 Å². The minimum atomic E-state index is -1.12. The standard InChI is InChI=1S/C22H19N5O4/c1-22(20(29)25-21(30)26-22)15-9-7-13(8-10-15)19-24-17(27-31-19)14-3-2-4-16(11-14)23-18(28)12-5-6-12/h2-4,7-12H,5-6H2,1H3,(H,23,28)(H2,25,26,29,30). The SMILES string of the molecule is CC1(c2ccc(-c3nc(-c4cccc(NC(=O)C5CC5)c4)no3)cc2)NC(=O)NC1=O. The second-order valence-corrected chi connectivity index (χ2v) is 7.88. The van der Waals surface area contributed by atoms with E-state index in [1.54, 1.807) is 37.3 Å². The van der Waals surface area contributed by atoms with E-state index < -0.39 is 17.5 Å². The number of urea groups is 1.